The number of piperidine rings is 1. The third-order valence-corrected chi connectivity index (χ3v) is 4.64. The summed E-state index contributed by atoms with van der Waals surface area (Å²) in [6.45, 7) is 14.3. The molecule has 0 aliphatic carbocycles. The molecule has 0 spiro atoms. The van der Waals surface area contributed by atoms with Gasteiger partial charge in [0.05, 0.1) is 0 Å². The van der Waals surface area contributed by atoms with Crippen LogP contribution in [0.15, 0.2) is 0 Å². The predicted molar refractivity (Wildman–Crippen MR) is 80.7 cm³/mol. The molecule has 0 radical (unpaired) electrons. The van der Waals surface area contributed by atoms with Crippen LogP contribution in [0, 0.1) is 17.3 Å². The number of likely N-dealkylation sites (tertiary alicyclic amines) is 1. The van der Waals surface area contributed by atoms with Gasteiger partial charge in [0.25, 0.3) is 0 Å². The Morgan fingerprint density at radius 3 is 2.28 bits per heavy atom. The van der Waals surface area contributed by atoms with Crippen molar-refractivity contribution in [1.29, 1.82) is 0 Å². The lowest BCUT2D eigenvalue weighted by Gasteiger charge is -2.38. The van der Waals surface area contributed by atoms with Crippen molar-refractivity contribution in [2.24, 2.45) is 23.0 Å². The molecule has 1 aliphatic rings. The van der Waals surface area contributed by atoms with Gasteiger partial charge < -0.3 is 10.6 Å². The molecular weight excluding hydrogens is 220 g/mol. The van der Waals surface area contributed by atoms with E-state index in [-0.39, 0.29) is 0 Å². The van der Waals surface area contributed by atoms with Gasteiger partial charge in [-0.05, 0) is 75.5 Å². The summed E-state index contributed by atoms with van der Waals surface area (Å²) < 4.78 is 0. The van der Waals surface area contributed by atoms with Crippen LogP contribution in [0.3, 0.4) is 0 Å². The second kappa shape index (κ2) is 7.49. The number of nitrogens with zero attached hydrogens (tertiary/aromatic N) is 1. The highest BCUT2D eigenvalue weighted by Crippen LogP contribution is 2.34. The Balaban J connectivity index is 2.13. The van der Waals surface area contributed by atoms with Gasteiger partial charge in [0.2, 0.25) is 0 Å². The van der Waals surface area contributed by atoms with Gasteiger partial charge in [-0.2, -0.15) is 0 Å². The van der Waals surface area contributed by atoms with Gasteiger partial charge in [-0.15, -0.1) is 0 Å². The van der Waals surface area contributed by atoms with Crippen molar-refractivity contribution in [3.05, 3.63) is 0 Å². The smallest absolute Gasteiger partial charge is 0.00159 e. The molecule has 0 aromatic rings. The highest BCUT2D eigenvalue weighted by atomic mass is 15.1. The Morgan fingerprint density at radius 2 is 1.78 bits per heavy atom. The van der Waals surface area contributed by atoms with Gasteiger partial charge in [0.1, 0.15) is 0 Å². The van der Waals surface area contributed by atoms with Crippen LogP contribution in [0.1, 0.15) is 59.8 Å². The first-order chi connectivity index (χ1) is 8.43. The van der Waals surface area contributed by atoms with E-state index in [2.05, 4.69) is 32.6 Å². The zero-order valence-corrected chi connectivity index (χ0v) is 13.0. The van der Waals surface area contributed by atoms with Crippen LogP contribution in [0.25, 0.3) is 0 Å². The van der Waals surface area contributed by atoms with Crippen LogP contribution < -0.4 is 5.73 Å². The third-order valence-electron chi connectivity index (χ3n) is 4.64. The highest BCUT2D eigenvalue weighted by Gasteiger charge is 2.28. The summed E-state index contributed by atoms with van der Waals surface area (Å²) in [5.74, 6) is 1.73. The Bertz CT molecular complexity index is 212. The van der Waals surface area contributed by atoms with Gasteiger partial charge in [0.15, 0.2) is 0 Å². The fourth-order valence-electron chi connectivity index (χ4n) is 3.11. The minimum atomic E-state index is 0.502. The third kappa shape index (κ3) is 5.71. The number of hydrogen-bond donors (Lipinski definition) is 1. The standard InChI is InChI=1S/C16H34N2/c1-14(7-10-17)6-5-11-18-12-8-15(9-13-18)16(2,3)4/h14-15H,5-13,17H2,1-4H3. The number of rotatable bonds is 6. The van der Waals surface area contributed by atoms with Gasteiger partial charge >= 0.3 is 0 Å². The van der Waals surface area contributed by atoms with Crippen molar-refractivity contribution >= 4 is 0 Å². The molecule has 1 rings (SSSR count). The van der Waals surface area contributed by atoms with E-state index in [1.54, 1.807) is 0 Å². The van der Waals surface area contributed by atoms with Gasteiger partial charge in [-0.25, -0.2) is 0 Å². The molecule has 18 heavy (non-hydrogen) atoms. The van der Waals surface area contributed by atoms with Crippen molar-refractivity contribution in [2.75, 3.05) is 26.2 Å². The molecule has 2 N–H and O–H groups in total. The average molecular weight is 254 g/mol. The summed E-state index contributed by atoms with van der Waals surface area (Å²) >= 11 is 0. The fourth-order valence-corrected chi connectivity index (χ4v) is 3.11. The first-order valence-electron chi connectivity index (χ1n) is 7.86. The van der Waals surface area contributed by atoms with Crippen LogP contribution in [0.5, 0.6) is 0 Å². The van der Waals surface area contributed by atoms with E-state index in [1.807, 2.05) is 0 Å². The lowest BCUT2D eigenvalue weighted by molar-refractivity contribution is 0.110. The molecule has 1 atom stereocenters. The SMILES string of the molecule is CC(CCN)CCCN1CCC(C(C)(C)C)CC1. The normalized spacial score (nSPS) is 21.2. The summed E-state index contributed by atoms with van der Waals surface area (Å²) in [7, 11) is 0. The largest absolute Gasteiger partial charge is 0.330 e. The van der Waals surface area contributed by atoms with Gasteiger partial charge in [-0.1, -0.05) is 27.7 Å². The first-order valence-corrected chi connectivity index (χ1v) is 7.86. The van der Waals surface area contributed by atoms with E-state index < -0.39 is 0 Å². The minimum absolute atomic E-state index is 0.502. The molecule has 0 amide bonds. The molecule has 1 aliphatic heterocycles. The molecule has 0 saturated carbocycles. The van der Waals surface area contributed by atoms with Gasteiger partial charge in [0, 0.05) is 0 Å². The van der Waals surface area contributed by atoms with Crippen LogP contribution >= 0.6 is 0 Å². The van der Waals surface area contributed by atoms with E-state index in [0.717, 1.165) is 18.4 Å². The van der Waals surface area contributed by atoms with E-state index in [0.29, 0.717) is 5.41 Å². The van der Waals surface area contributed by atoms with E-state index in [1.165, 1.54) is 51.7 Å². The number of nitrogens with two attached hydrogens (primary N) is 1. The quantitative estimate of drug-likeness (QED) is 0.786. The van der Waals surface area contributed by atoms with Crippen LogP contribution in [0.2, 0.25) is 0 Å². The second-order valence-electron chi connectivity index (χ2n) is 7.31. The molecule has 2 heteroatoms. The Morgan fingerprint density at radius 1 is 1.17 bits per heavy atom. The topological polar surface area (TPSA) is 29.3 Å². The van der Waals surface area contributed by atoms with E-state index in [4.69, 9.17) is 5.73 Å². The molecule has 1 saturated heterocycles. The van der Waals surface area contributed by atoms with Crippen LogP contribution in [-0.4, -0.2) is 31.1 Å². The van der Waals surface area contributed by atoms with E-state index >= 15 is 0 Å². The molecule has 0 bridgehead atoms. The molecule has 0 aromatic heterocycles. The van der Waals surface area contributed by atoms with E-state index in [9.17, 15) is 0 Å². The Hall–Kier alpha value is -0.0800. The van der Waals surface area contributed by atoms with Gasteiger partial charge in [-0.3, -0.25) is 0 Å². The highest BCUT2D eigenvalue weighted by molar-refractivity contribution is 4.80. The lowest BCUT2D eigenvalue weighted by Crippen LogP contribution is -2.38. The summed E-state index contributed by atoms with van der Waals surface area (Å²) in [5.41, 5.74) is 6.09. The first kappa shape index (κ1) is 16.0. The molecular formula is C16H34N2. The predicted octanol–water partition coefficient (Wildman–Crippen LogP) is 3.51. The molecule has 1 unspecified atom stereocenters. The Kier molecular flexibility index (Phi) is 6.65. The van der Waals surface area contributed by atoms with Crippen molar-refractivity contribution < 1.29 is 0 Å². The number of hydrogen-bond acceptors (Lipinski definition) is 2. The maximum Gasteiger partial charge on any atom is -0.00159 e. The maximum absolute atomic E-state index is 5.59. The fraction of sp³-hybridized carbons (Fsp3) is 1.00. The minimum Gasteiger partial charge on any atom is -0.330 e. The second-order valence-corrected chi connectivity index (χ2v) is 7.31. The van der Waals surface area contributed by atoms with Crippen molar-refractivity contribution in [1.82, 2.24) is 4.90 Å². The zero-order chi connectivity index (χ0) is 13.6. The average Bonchev–Trinajstić information content (AvgIpc) is 2.29. The van der Waals surface area contributed by atoms with Crippen LogP contribution in [0.4, 0.5) is 0 Å². The molecule has 1 fully saturated rings. The maximum atomic E-state index is 5.59. The Labute approximate surface area is 114 Å². The summed E-state index contributed by atoms with van der Waals surface area (Å²) in [4.78, 5) is 2.66. The summed E-state index contributed by atoms with van der Waals surface area (Å²) in [6.07, 6.45) is 6.66. The summed E-state index contributed by atoms with van der Waals surface area (Å²) in [6, 6.07) is 0. The molecule has 0 aromatic carbocycles. The molecule has 108 valence electrons. The summed E-state index contributed by atoms with van der Waals surface area (Å²) in [5, 5.41) is 0. The monoisotopic (exact) mass is 254 g/mol. The molecule has 1 heterocycles. The van der Waals surface area contributed by atoms with Crippen molar-refractivity contribution in [3.63, 3.8) is 0 Å². The van der Waals surface area contributed by atoms with Crippen LogP contribution in [-0.2, 0) is 0 Å². The molecule has 2 nitrogen and oxygen atoms in total. The zero-order valence-electron chi connectivity index (χ0n) is 13.0. The van der Waals surface area contributed by atoms with Crippen molar-refractivity contribution in [2.45, 2.75) is 59.8 Å². The van der Waals surface area contributed by atoms with Crippen molar-refractivity contribution in [3.8, 4) is 0 Å². The lowest BCUT2D eigenvalue weighted by atomic mass is 9.75.